The van der Waals surface area contributed by atoms with Gasteiger partial charge in [-0.2, -0.15) is 0 Å². The third-order valence-electron chi connectivity index (χ3n) is 4.94. The van der Waals surface area contributed by atoms with Gasteiger partial charge < -0.3 is 23.8 Å². The van der Waals surface area contributed by atoms with Gasteiger partial charge in [-0.05, 0) is 0 Å². The fourth-order valence-electron chi connectivity index (χ4n) is 3.63. The maximum atomic E-state index is 2.46. The van der Waals surface area contributed by atoms with Crippen molar-refractivity contribution in [1.82, 2.24) is 0 Å². The molecule has 110 valence electrons. The minimum absolute atomic E-state index is 0. The van der Waals surface area contributed by atoms with Gasteiger partial charge in [0.2, 0.25) is 0 Å². The molecular weight excluding hydrogens is 220 g/mol. The Balaban J connectivity index is 0.00000144. The second kappa shape index (κ2) is 7.49. The molecule has 0 unspecified atom stereocenters. The topological polar surface area (TPSA) is 0 Å². The molecule has 0 aromatic rings. The van der Waals surface area contributed by atoms with Crippen molar-refractivity contribution in [2.24, 2.45) is 0 Å². The maximum Gasteiger partial charge on any atom is 0.0786 e. The second-order valence-electron chi connectivity index (χ2n) is 6.70. The lowest BCUT2D eigenvalue weighted by atomic mass is 10.2. The Morgan fingerprint density at radius 1 is 0.611 bits per heavy atom. The van der Waals surface area contributed by atoms with E-state index in [0.717, 1.165) is 0 Å². The predicted octanol–water partition coefficient (Wildman–Crippen LogP) is 3.15. The van der Waals surface area contributed by atoms with Gasteiger partial charge in [0.25, 0.3) is 0 Å². The van der Waals surface area contributed by atoms with Crippen LogP contribution in [0.1, 0.15) is 38.5 Å². The average molecular weight is 256 g/mol. The largest absolute Gasteiger partial charge is 0.358 e. The van der Waals surface area contributed by atoms with Gasteiger partial charge in [-0.15, -0.1) is 0 Å². The number of likely N-dealkylation sites (tertiary alicyclic amines) is 2. The summed E-state index contributed by atoms with van der Waals surface area (Å²) in [6.45, 7) is 8.61. The van der Waals surface area contributed by atoms with Crippen molar-refractivity contribution < 1.29 is 8.97 Å². The van der Waals surface area contributed by atoms with E-state index in [2.05, 4.69) is 14.1 Å². The second-order valence-corrected chi connectivity index (χ2v) is 6.70. The fraction of sp³-hybridized carbons (Fsp3) is 0.875. The van der Waals surface area contributed by atoms with Crippen LogP contribution in [-0.4, -0.2) is 62.3 Å². The van der Waals surface area contributed by atoms with Crippen LogP contribution >= 0.6 is 0 Å². The summed E-state index contributed by atoms with van der Waals surface area (Å²) in [5.74, 6) is 0. The van der Waals surface area contributed by atoms with E-state index >= 15 is 0 Å². The van der Waals surface area contributed by atoms with Crippen LogP contribution in [0.4, 0.5) is 0 Å². The van der Waals surface area contributed by atoms with Gasteiger partial charge in [0.05, 0.1) is 53.4 Å². The molecule has 18 heavy (non-hydrogen) atoms. The number of unbranched alkanes of at least 4 members (excludes halogenated alkanes) is 1. The molecule has 0 aliphatic carbocycles. The van der Waals surface area contributed by atoms with Crippen molar-refractivity contribution in [3.8, 4) is 0 Å². The molecule has 0 atom stereocenters. The van der Waals surface area contributed by atoms with Crippen molar-refractivity contribution in [2.45, 2.75) is 38.5 Å². The van der Waals surface area contributed by atoms with Crippen LogP contribution < -0.4 is 0 Å². The predicted molar refractivity (Wildman–Crippen MR) is 82.1 cm³/mol. The monoisotopic (exact) mass is 256 g/mol. The zero-order chi connectivity index (χ0) is 11.5. The summed E-state index contributed by atoms with van der Waals surface area (Å²) in [6, 6.07) is 0. The van der Waals surface area contributed by atoms with E-state index in [1.165, 1.54) is 86.8 Å². The highest BCUT2D eigenvalue weighted by molar-refractivity contribution is 4.54. The maximum absolute atomic E-state index is 2.46. The third kappa shape index (κ3) is 4.89. The Bertz CT molecular complexity index is 189. The van der Waals surface area contributed by atoms with Crippen molar-refractivity contribution >= 4 is 0 Å². The molecular formula is C16H36N2. The molecule has 0 spiro atoms. The summed E-state index contributed by atoms with van der Waals surface area (Å²) >= 11 is 0. The van der Waals surface area contributed by atoms with Gasteiger partial charge >= 0.3 is 0 Å². The molecule has 2 aliphatic heterocycles. The summed E-state index contributed by atoms with van der Waals surface area (Å²) in [7, 11) is 4.91. The number of hydrogen-bond acceptors (Lipinski definition) is 0. The summed E-state index contributed by atoms with van der Waals surface area (Å²) in [5.41, 5.74) is 0. The lowest BCUT2D eigenvalue weighted by Crippen LogP contribution is -2.44. The lowest BCUT2D eigenvalue weighted by molar-refractivity contribution is -0.904. The lowest BCUT2D eigenvalue weighted by Gasteiger charge is -2.31. The van der Waals surface area contributed by atoms with E-state index in [4.69, 9.17) is 0 Å². The number of nitrogens with zero attached hydrogens (tertiary/aromatic N) is 2. The Morgan fingerprint density at radius 3 is 1.17 bits per heavy atom. The van der Waals surface area contributed by atoms with Crippen molar-refractivity contribution in [1.29, 1.82) is 0 Å². The number of hydrogen-bond donors (Lipinski definition) is 0. The quantitative estimate of drug-likeness (QED) is 0.403. The Kier molecular flexibility index (Phi) is 7.46. The molecule has 0 bridgehead atoms. The first kappa shape index (κ1) is 17.9. The first-order chi connectivity index (χ1) is 7.62. The molecule has 0 radical (unpaired) electrons. The van der Waals surface area contributed by atoms with Crippen LogP contribution in [0.2, 0.25) is 0 Å². The minimum Gasteiger partial charge on any atom is -0.358 e. The molecule has 2 nitrogen and oxygen atoms in total. The molecule has 0 aromatic carbocycles. The van der Waals surface area contributed by atoms with Crippen LogP contribution in [0.5, 0.6) is 0 Å². The zero-order valence-corrected chi connectivity index (χ0v) is 13.4. The van der Waals surface area contributed by atoms with E-state index in [9.17, 15) is 0 Å². The van der Waals surface area contributed by atoms with Crippen LogP contribution in [0.15, 0.2) is 0 Å². The summed E-state index contributed by atoms with van der Waals surface area (Å²) in [4.78, 5) is 0. The standard InChI is InChI=1S/C14H30N2.2CH3/c1-15(9-3-4-10-15)13-7-8-14-16(2)11-5-6-12-16;;/h3-14H2,1-2H3;2*1H3/q+2;2*-1. The molecule has 2 rings (SSSR count). The minimum atomic E-state index is 0. The van der Waals surface area contributed by atoms with Crippen LogP contribution in [0.25, 0.3) is 0 Å². The van der Waals surface area contributed by atoms with Gasteiger partial charge in [0.1, 0.15) is 0 Å². The molecule has 2 aliphatic rings. The average Bonchev–Trinajstić information content (AvgIpc) is 2.84. The first-order valence-corrected chi connectivity index (χ1v) is 7.29. The van der Waals surface area contributed by atoms with E-state index in [1.807, 2.05) is 0 Å². The summed E-state index contributed by atoms with van der Waals surface area (Å²) in [5, 5.41) is 0. The molecule has 2 saturated heterocycles. The van der Waals surface area contributed by atoms with Crippen LogP contribution in [0, 0.1) is 14.9 Å². The normalized spacial score (nSPS) is 24.3. The van der Waals surface area contributed by atoms with Crippen molar-refractivity contribution in [3.63, 3.8) is 0 Å². The van der Waals surface area contributed by atoms with E-state index in [-0.39, 0.29) is 14.9 Å². The van der Waals surface area contributed by atoms with E-state index < -0.39 is 0 Å². The molecule has 2 heterocycles. The first-order valence-electron chi connectivity index (χ1n) is 7.29. The molecule has 2 fully saturated rings. The van der Waals surface area contributed by atoms with Gasteiger partial charge in [-0.3, -0.25) is 0 Å². The van der Waals surface area contributed by atoms with E-state index in [1.54, 1.807) is 0 Å². The van der Waals surface area contributed by atoms with Gasteiger partial charge in [0.15, 0.2) is 0 Å². The summed E-state index contributed by atoms with van der Waals surface area (Å²) in [6.07, 6.45) is 8.75. The molecule has 0 saturated carbocycles. The van der Waals surface area contributed by atoms with Crippen LogP contribution in [0.3, 0.4) is 0 Å². The Morgan fingerprint density at radius 2 is 0.889 bits per heavy atom. The highest BCUT2D eigenvalue weighted by Gasteiger charge is 2.28. The van der Waals surface area contributed by atoms with Gasteiger partial charge in [-0.1, -0.05) is 0 Å². The highest BCUT2D eigenvalue weighted by atomic mass is 15.3. The zero-order valence-electron chi connectivity index (χ0n) is 13.4. The SMILES string of the molecule is C[N+]1(CCCC[N+]2(C)CCCC2)CCCC1.[CH3-].[CH3-]. The number of rotatable bonds is 5. The van der Waals surface area contributed by atoms with Crippen molar-refractivity contribution in [2.75, 3.05) is 53.4 Å². The fourth-order valence-corrected chi connectivity index (χ4v) is 3.63. The van der Waals surface area contributed by atoms with Gasteiger partial charge in [0, 0.05) is 38.5 Å². The number of quaternary nitrogens is 2. The van der Waals surface area contributed by atoms with Crippen molar-refractivity contribution in [3.05, 3.63) is 14.9 Å². The molecule has 2 heteroatoms. The highest BCUT2D eigenvalue weighted by Crippen LogP contribution is 2.20. The van der Waals surface area contributed by atoms with E-state index in [0.29, 0.717) is 0 Å². The smallest absolute Gasteiger partial charge is 0.0786 e. The molecule has 0 aromatic heterocycles. The molecule has 0 N–H and O–H groups in total. The Labute approximate surface area is 116 Å². The van der Waals surface area contributed by atoms with Gasteiger partial charge in [-0.25, -0.2) is 0 Å². The molecule has 0 amide bonds. The Hall–Kier alpha value is -0.0800. The van der Waals surface area contributed by atoms with Crippen LogP contribution in [-0.2, 0) is 0 Å². The summed E-state index contributed by atoms with van der Waals surface area (Å²) < 4.78 is 2.73. The third-order valence-corrected chi connectivity index (χ3v) is 4.94.